The van der Waals surface area contributed by atoms with E-state index in [2.05, 4.69) is 36.6 Å². The molecule has 2 aliphatic carbocycles. The molecule has 2 bridgehead atoms. The summed E-state index contributed by atoms with van der Waals surface area (Å²) in [5, 5.41) is 4.00. The van der Waals surface area contributed by atoms with Gasteiger partial charge in [-0.15, -0.1) is 0 Å². The second-order valence-electron chi connectivity index (χ2n) is 12.2. The van der Waals surface area contributed by atoms with Crippen molar-refractivity contribution in [3.63, 3.8) is 0 Å². The van der Waals surface area contributed by atoms with Crippen LogP contribution in [0.1, 0.15) is 36.0 Å². The molecule has 5 heterocycles. The maximum atomic E-state index is 13.7. The zero-order valence-electron chi connectivity index (χ0n) is 24.6. The van der Waals surface area contributed by atoms with Crippen LogP contribution in [0.4, 0.5) is 5.95 Å². The SMILES string of the molecule is CNc1ncc(-c2ccc3cc(-c4nc5cc(C(=O)N6CC7CCC6C7N)cc(OC)c5n4C)n(CC4CC4)c3n2)cn1. The molecule has 1 aliphatic heterocycles. The molecule has 1 saturated heterocycles. The number of rotatable bonds is 7. The number of likely N-dealkylation sites (tertiary alicyclic amines) is 1. The van der Waals surface area contributed by atoms with Crippen LogP contribution in [0.2, 0.25) is 0 Å². The third kappa shape index (κ3) is 4.16. The number of methoxy groups -OCH3 is 1. The van der Waals surface area contributed by atoms with Gasteiger partial charge in [-0.2, -0.15) is 0 Å². The van der Waals surface area contributed by atoms with Crippen molar-refractivity contribution >= 4 is 33.9 Å². The third-order valence-electron chi connectivity index (χ3n) is 9.60. The number of aryl methyl sites for hydroxylation is 1. The largest absolute Gasteiger partial charge is 0.494 e. The number of hydrogen-bond donors (Lipinski definition) is 2. The van der Waals surface area contributed by atoms with Gasteiger partial charge in [-0.1, -0.05) is 0 Å². The summed E-state index contributed by atoms with van der Waals surface area (Å²) in [6, 6.07) is 10.2. The highest BCUT2D eigenvalue weighted by molar-refractivity contribution is 6.00. The van der Waals surface area contributed by atoms with E-state index in [1.165, 1.54) is 12.8 Å². The standard InChI is InChI=1S/C32H35N9O2/c1-34-32-35-13-21(14-36-32)22-8-6-18-11-25(40(29(18)37-22)15-17-4-5-17)30-38-23-10-20(12-26(43-3)28(23)39(30)2)31(42)41-16-19-7-9-24(41)27(19)33/h6,8,10-14,17,19,24,27H,4-5,7,9,15-16,33H2,1-3H3,(H,34,35,36). The minimum absolute atomic E-state index is 0.00126. The van der Waals surface area contributed by atoms with Gasteiger partial charge in [0.25, 0.3) is 5.91 Å². The van der Waals surface area contributed by atoms with E-state index >= 15 is 0 Å². The summed E-state index contributed by atoms with van der Waals surface area (Å²) in [5.41, 5.74) is 12.2. The number of nitrogens with two attached hydrogens (primary N) is 1. The molecule has 1 amide bonds. The number of piperidine rings is 1. The molecule has 3 fully saturated rings. The quantitative estimate of drug-likeness (QED) is 0.296. The lowest BCUT2D eigenvalue weighted by Crippen LogP contribution is -2.41. The first-order chi connectivity index (χ1) is 20.9. The molecule has 3 atom stereocenters. The Balaban J connectivity index is 1.23. The van der Waals surface area contributed by atoms with Gasteiger partial charge in [0, 0.05) is 68.2 Å². The normalized spacial score (nSPS) is 21.3. The number of hydrogen-bond acceptors (Lipinski definition) is 8. The number of carbonyl (C=O) groups is 1. The van der Waals surface area contributed by atoms with Gasteiger partial charge in [-0.05, 0) is 67.9 Å². The molecule has 4 aromatic heterocycles. The van der Waals surface area contributed by atoms with Crippen molar-refractivity contribution in [3.05, 3.63) is 48.3 Å². The van der Waals surface area contributed by atoms with Crippen LogP contribution in [0.25, 0.3) is 44.8 Å². The minimum Gasteiger partial charge on any atom is -0.494 e. The molecule has 5 aromatic rings. The molecule has 3 unspecified atom stereocenters. The zero-order valence-corrected chi connectivity index (χ0v) is 24.6. The van der Waals surface area contributed by atoms with Crippen molar-refractivity contribution in [3.8, 4) is 28.5 Å². The number of anilines is 1. The summed E-state index contributed by atoms with van der Waals surface area (Å²) in [4.78, 5) is 34.6. The van der Waals surface area contributed by atoms with Crippen LogP contribution in [-0.2, 0) is 13.6 Å². The number of nitrogens with one attached hydrogen (secondary N) is 1. The highest BCUT2D eigenvalue weighted by Crippen LogP contribution is 2.40. The number of aromatic nitrogens is 6. The van der Waals surface area contributed by atoms with Crippen molar-refractivity contribution in [2.45, 2.75) is 44.3 Å². The Morgan fingerprint density at radius 1 is 1.09 bits per heavy atom. The highest BCUT2D eigenvalue weighted by Gasteiger charge is 2.47. The van der Waals surface area contributed by atoms with Gasteiger partial charge in [-0.3, -0.25) is 4.79 Å². The third-order valence-corrected chi connectivity index (χ3v) is 9.60. The average Bonchev–Trinajstić information content (AvgIpc) is 3.44. The zero-order chi connectivity index (χ0) is 29.4. The van der Waals surface area contributed by atoms with Gasteiger partial charge in [0.15, 0.2) is 5.82 Å². The summed E-state index contributed by atoms with van der Waals surface area (Å²) in [6.07, 6.45) is 8.08. The van der Waals surface area contributed by atoms with E-state index in [4.69, 9.17) is 20.4 Å². The van der Waals surface area contributed by atoms with E-state index in [1.807, 2.05) is 30.1 Å². The molecule has 0 spiro atoms. The molecule has 43 heavy (non-hydrogen) atoms. The minimum atomic E-state index is 0.00126. The van der Waals surface area contributed by atoms with E-state index in [-0.39, 0.29) is 18.0 Å². The molecule has 220 valence electrons. The Labute approximate surface area is 249 Å². The fraction of sp³-hybridized carbons (Fsp3) is 0.406. The van der Waals surface area contributed by atoms with Crippen molar-refractivity contribution < 1.29 is 9.53 Å². The first-order valence-corrected chi connectivity index (χ1v) is 15.1. The van der Waals surface area contributed by atoms with Crippen LogP contribution < -0.4 is 15.8 Å². The summed E-state index contributed by atoms with van der Waals surface area (Å²) >= 11 is 0. The molecular formula is C32H35N9O2. The number of nitrogens with zero attached hydrogens (tertiary/aromatic N) is 7. The molecular weight excluding hydrogens is 542 g/mol. The molecule has 11 nitrogen and oxygen atoms in total. The molecule has 8 rings (SSSR count). The highest BCUT2D eigenvalue weighted by atomic mass is 16.5. The summed E-state index contributed by atoms with van der Waals surface area (Å²) < 4.78 is 10.2. The molecule has 1 aromatic carbocycles. The maximum absolute atomic E-state index is 13.7. The van der Waals surface area contributed by atoms with Crippen molar-refractivity contribution in [2.75, 3.05) is 26.0 Å². The van der Waals surface area contributed by atoms with Crippen LogP contribution in [0.3, 0.4) is 0 Å². The number of carbonyl (C=O) groups excluding carboxylic acids is 1. The Morgan fingerprint density at radius 3 is 2.58 bits per heavy atom. The van der Waals surface area contributed by atoms with Gasteiger partial charge >= 0.3 is 0 Å². The van der Waals surface area contributed by atoms with Crippen molar-refractivity contribution in [1.82, 2.24) is 34.0 Å². The lowest BCUT2D eigenvalue weighted by Gasteiger charge is -2.27. The number of amides is 1. The molecule has 2 saturated carbocycles. The van der Waals surface area contributed by atoms with E-state index in [9.17, 15) is 4.79 Å². The smallest absolute Gasteiger partial charge is 0.254 e. The lowest BCUT2D eigenvalue weighted by molar-refractivity contribution is 0.0700. The first kappa shape index (κ1) is 26.1. The number of benzene rings is 1. The molecule has 3 aliphatic rings. The maximum Gasteiger partial charge on any atom is 0.254 e. The number of imidazole rings is 1. The topological polar surface area (TPSA) is 129 Å². The Hall–Kier alpha value is -4.51. The Kier molecular flexibility index (Phi) is 5.94. The molecule has 11 heteroatoms. The summed E-state index contributed by atoms with van der Waals surface area (Å²) in [5.74, 6) is 3.02. The summed E-state index contributed by atoms with van der Waals surface area (Å²) in [6.45, 7) is 1.59. The lowest BCUT2D eigenvalue weighted by atomic mass is 10.1. The Bertz CT molecular complexity index is 1890. The van der Waals surface area contributed by atoms with Crippen LogP contribution >= 0.6 is 0 Å². The van der Waals surface area contributed by atoms with Crippen LogP contribution in [-0.4, -0.2) is 72.7 Å². The average molecular weight is 578 g/mol. The molecule has 3 N–H and O–H groups in total. The predicted octanol–water partition coefficient (Wildman–Crippen LogP) is 4.07. The van der Waals surface area contributed by atoms with Crippen molar-refractivity contribution in [2.24, 2.45) is 24.6 Å². The van der Waals surface area contributed by atoms with Crippen LogP contribution in [0.15, 0.2) is 42.7 Å². The van der Waals surface area contributed by atoms with E-state index in [0.29, 0.717) is 29.1 Å². The van der Waals surface area contributed by atoms with E-state index in [0.717, 1.165) is 70.8 Å². The van der Waals surface area contributed by atoms with Gasteiger partial charge in [0.2, 0.25) is 5.95 Å². The van der Waals surface area contributed by atoms with Gasteiger partial charge in [0.05, 0.1) is 24.0 Å². The fourth-order valence-electron chi connectivity index (χ4n) is 7.07. The second kappa shape index (κ2) is 9.77. The van der Waals surface area contributed by atoms with Crippen molar-refractivity contribution in [1.29, 1.82) is 0 Å². The fourth-order valence-corrected chi connectivity index (χ4v) is 7.07. The number of pyridine rings is 1. The second-order valence-corrected chi connectivity index (χ2v) is 12.2. The molecule has 0 radical (unpaired) electrons. The monoisotopic (exact) mass is 577 g/mol. The predicted molar refractivity (Wildman–Crippen MR) is 165 cm³/mol. The van der Waals surface area contributed by atoms with Gasteiger partial charge in [0.1, 0.15) is 16.9 Å². The van der Waals surface area contributed by atoms with Gasteiger partial charge in [-0.25, -0.2) is 19.9 Å². The van der Waals surface area contributed by atoms with Crippen LogP contribution in [0.5, 0.6) is 5.75 Å². The summed E-state index contributed by atoms with van der Waals surface area (Å²) in [7, 11) is 5.45. The van der Waals surface area contributed by atoms with Crippen LogP contribution in [0, 0.1) is 11.8 Å². The first-order valence-electron chi connectivity index (χ1n) is 15.1. The number of fused-ring (bicyclic) bond motifs is 4. The number of ether oxygens (including phenoxy) is 1. The van der Waals surface area contributed by atoms with Gasteiger partial charge < -0.3 is 29.8 Å². The Morgan fingerprint density at radius 2 is 1.91 bits per heavy atom. The van der Waals surface area contributed by atoms with E-state index in [1.54, 1.807) is 26.6 Å². The van der Waals surface area contributed by atoms with E-state index < -0.39 is 0 Å².